The molecule has 1 aromatic heterocycles. The fourth-order valence-electron chi connectivity index (χ4n) is 4.01. The van der Waals surface area contributed by atoms with Gasteiger partial charge in [-0.3, -0.25) is 19.3 Å². The number of amides is 2. The van der Waals surface area contributed by atoms with Crippen molar-refractivity contribution in [1.29, 1.82) is 0 Å². The molecule has 0 saturated carbocycles. The number of nitrogens with one attached hydrogen (secondary N) is 1. The Balaban J connectivity index is 1.59. The Morgan fingerprint density at radius 2 is 1.71 bits per heavy atom. The Morgan fingerprint density at radius 1 is 0.964 bits per heavy atom. The van der Waals surface area contributed by atoms with E-state index in [4.69, 9.17) is 0 Å². The molecule has 5 rings (SSSR count). The van der Waals surface area contributed by atoms with Crippen LogP contribution in [0.2, 0.25) is 0 Å². The maximum Gasteiger partial charge on any atom is 0.272 e. The van der Waals surface area contributed by atoms with Gasteiger partial charge in [-0.1, -0.05) is 24.3 Å². The number of benzene rings is 2. The molecule has 138 valence electrons. The second kappa shape index (κ2) is 6.27. The van der Waals surface area contributed by atoms with Gasteiger partial charge in [0.1, 0.15) is 0 Å². The van der Waals surface area contributed by atoms with Gasteiger partial charge < -0.3 is 0 Å². The second-order valence-corrected chi connectivity index (χ2v) is 7.12. The smallest absolute Gasteiger partial charge is 0.269 e. The summed E-state index contributed by atoms with van der Waals surface area (Å²) in [5.41, 5.74) is 3.34. The molecule has 0 atom stereocenters. The standard InChI is InChI=1S/C22H17N3O3/c26-20-15-10-9-14(13-5-1-2-6-13)11-18(15)19(23-24-20)12-25-21(27)16-7-3-4-8-17(16)22(25)28/h3-5,7-11H,1-2,6,12H2,(H,24,26). The SMILES string of the molecule is O=C1c2ccccc2C(=O)N1Cc1n[nH]c(=O)c2ccc(C3=CCCC3)cc12. The summed E-state index contributed by atoms with van der Waals surface area (Å²) >= 11 is 0. The fraction of sp³-hybridized carbons (Fsp3) is 0.182. The van der Waals surface area contributed by atoms with Crippen LogP contribution in [0.4, 0.5) is 0 Å². The Hall–Kier alpha value is -3.54. The van der Waals surface area contributed by atoms with Gasteiger partial charge in [-0.25, -0.2) is 5.10 Å². The molecular weight excluding hydrogens is 354 g/mol. The highest BCUT2D eigenvalue weighted by atomic mass is 16.2. The van der Waals surface area contributed by atoms with E-state index in [0.717, 1.165) is 24.8 Å². The van der Waals surface area contributed by atoms with Crippen molar-refractivity contribution in [3.05, 3.63) is 81.3 Å². The van der Waals surface area contributed by atoms with Crippen LogP contribution in [-0.4, -0.2) is 26.9 Å². The maximum absolute atomic E-state index is 12.7. The van der Waals surface area contributed by atoms with Crippen LogP contribution in [0.15, 0.2) is 53.3 Å². The first-order valence-corrected chi connectivity index (χ1v) is 9.29. The van der Waals surface area contributed by atoms with Crippen LogP contribution in [0.3, 0.4) is 0 Å². The summed E-state index contributed by atoms with van der Waals surface area (Å²) in [4.78, 5) is 38.8. The van der Waals surface area contributed by atoms with E-state index >= 15 is 0 Å². The molecule has 2 amide bonds. The Kier molecular flexibility index (Phi) is 3.72. The number of hydrogen-bond donors (Lipinski definition) is 1. The van der Waals surface area contributed by atoms with Gasteiger partial charge in [0, 0.05) is 5.39 Å². The molecule has 3 aromatic rings. The Labute approximate surface area is 160 Å². The molecule has 6 nitrogen and oxygen atoms in total. The topological polar surface area (TPSA) is 83.1 Å². The summed E-state index contributed by atoms with van der Waals surface area (Å²) in [7, 11) is 0. The van der Waals surface area contributed by atoms with Crippen LogP contribution in [-0.2, 0) is 6.54 Å². The van der Waals surface area contributed by atoms with E-state index in [1.807, 2.05) is 12.1 Å². The molecule has 2 aliphatic rings. The van der Waals surface area contributed by atoms with E-state index in [9.17, 15) is 14.4 Å². The minimum Gasteiger partial charge on any atom is -0.269 e. The molecule has 0 fully saturated rings. The lowest BCUT2D eigenvalue weighted by Crippen LogP contribution is -2.30. The molecule has 0 spiro atoms. The predicted molar refractivity (Wildman–Crippen MR) is 105 cm³/mol. The number of carbonyl (C=O) groups is 2. The van der Waals surface area contributed by atoms with Crippen molar-refractivity contribution < 1.29 is 9.59 Å². The van der Waals surface area contributed by atoms with E-state index in [1.165, 1.54) is 10.5 Å². The average molecular weight is 371 g/mol. The van der Waals surface area contributed by atoms with Crippen LogP contribution in [0.1, 0.15) is 51.2 Å². The molecule has 0 saturated heterocycles. The third kappa shape index (κ3) is 2.49. The van der Waals surface area contributed by atoms with Crippen molar-refractivity contribution in [3.8, 4) is 0 Å². The maximum atomic E-state index is 12.7. The number of aromatic nitrogens is 2. The average Bonchev–Trinajstić information content (AvgIpc) is 3.34. The highest BCUT2D eigenvalue weighted by molar-refractivity contribution is 6.21. The number of nitrogens with zero attached hydrogens (tertiary/aromatic N) is 2. The summed E-state index contributed by atoms with van der Waals surface area (Å²) in [6.45, 7) is 0.0160. The molecule has 1 aliphatic carbocycles. The van der Waals surface area contributed by atoms with Crippen molar-refractivity contribution >= 4 is 28.2 Å². The monoisotopic (exact) mass is 371 g/mol. The summed E-state index contributed by atoms with van der Waals surface area (Å²) in [5, 5.41) is 7.83. The van der Waals surface area contributed by atoms with Gasteiger partial charge >= 0.3 is 0 Å². The number of hydrogen-bond acceptors (Lipinski definition) is 4. The van der Waals surface area contributed by atoms with Crippen LogP contribution in [0.25, 0.3) is 16.3 Å². The Bertz CT molecular complexity index is 1200. The lowest BCUT2D eigenvalue weighted by atomic mass is 10.0. The zero-order chi connectivity index (χ0) is 19.3. The van der Waals surface area contributed by atoms with E-state index < -0.39 is 0 Å². The first-order chi connectivity index (χ1) is 13.6. The molecule has 0 bridgehead atoms. The minimum absolute atomic E-state index is 0.0160. The lowest BCUT2D eigenvalue weighted by Gasteiger charge is -2.15. The lowest BCUT2D eigenvalue weighted by molar-refractivity contribution is 0.0641. The minimum atomic E-state index is -0.337. The van der Waals surface area contributed by atoms with Crippen molar-refractivity contribution in [2.45, 2.75) is 25.8 Å². The molecule has 0 unspecified atom stereocenters. The summed E-state index contributed by atoms with van der Waals surface area (Å²) in [5.74, 6) is -0.673. The van der Waals surface area contributed by atoms with E-state index in [0.29, 0.717) is 27.6 Å². The summed E-state index contributed by atoms with van der Waals surface area (Å²) in [6.07, 6.45) is 5.41. The highest BCUT2D eigenvalue weighted by Crippen LogP contribution is 2.30. The van der Waals surface area contributed by atoms with Gasteiger partial charge in [0.15, 0.2) is 0 Å². The predicted octanol–water partition coefficient (Wildman–Crippen LogP) is 3.29. The first kappa shape index (κ1) is 16.6. The first-order valence-electron chi connectivity index (χ1n) is 9.29. The van der Waals surface area contributed by atoms with Gasteiger partial charge in [-0.15, -0.1) is 0 Å². The van der Waals surface area contributed by atoms with Crippen molar-refractivity contribution in [2.75, 3.05) is 0 Å². The number of aromatic amines is 1. The molecule has 6 heteroatoms. The third-order valence-electron chi connectivity index (χ3n) is 5.47. The fourth-order valence-corrected chi connectivity index (χ4v) is 4.01. The normalized spacial score (nSPS) is 16.0. The second-order valence-electron chi connectivity index (χ2n) is 7.12. The zero-order valence-corrected chi connectivity index (χ0v) is 15.1. The van der Waals surface area contributed by atoms with Gasteiger partial charge in [-0.05, 0) is 54.7 Å². The number of allylic oxidation sites excluding steroid dienone is 2. The zero-order valence-electron chi connectivity index (χ0n) is 15.1. The van der Waals surface area contributed by atoms with Crippen LogP contribution in [0, 0.1) is 0 Å². The number of carbonyl (C=O) groups excluding carboxylic acids is 2. The molecule has 2 heterocycles. The molecule has 28 heavy (non-hydrogen) atoms. The van der Waals surface area contributed by atoms with Crippen LogP contribution < -0.4 is 5.56 Å². The molecule has 2 aromatic carbocycles. The molecule has 0 radical (unpaired) electrons. The third-order valence-corrected chi connectivity index (χ3v) is 5.47. The number of H-pyrrole nitrogens is 1. The number of rotatable bonds is 3. The van der Waals surface area contributed by atoms with Gasteiger partial charge in [-0.2, -0.15) is 5.10 Å². The van der Waals surface area contributed by atoms with Gasteiger partial charge in [0.2, 0.25) is 0 Å². The molecule has 1 aliphatic heterocycles. The highest BCUT2D eigenvalue weighted by Gasteiger charge is 2.35. The van der Waals surface area contributed by atoms with Gasteiger partial charge in [0.25, 0.3) is 17.4 Å². The summed E-state index contributed by atoms with van der Waals surface area (Å²) < 4.78 is 0. The van der Waals surface area contributed by atoms with Crippen molar-refractivity contribution in [3.63, 3.8) is 0 Å². The van der Waals surface area contributed by atoms with Crippen LogP contribution in [0.5, 0.6) is 0 Å². The number of imide groups is 1. The Morgan fingerprint density at radius 3 is 2.39 bits per heavy atom. The molecule has 1 N–H and O–H groups in total. The van der Waals surface area contributed by atoms with Gasteiger partial charge in [0.05, 0.1) is 28.8 Å². The number of fused-ring (bicyclic) bond motifs is 2. The van der Waals surface area contributed by atoms with Crippen molar-refractivity contribution in [1.82, 2.24) is 15.1 Å². The largest absolute Gasteiger partial charge is 0.272 e. The van der Waals surface area contributed by atoms with E-state index in [-0.39, 0.29) is 23.9 Å². The molecular formula is C22H17N3O3. The van der Waals surface area contributed by atoms with E-state index in [1.54, 1.807) is 30.3 Å². The summed E-state index contributed by atoms with van der Waals surface area (Å²) in [6, 6.07) is 12.5. The quantitative estimate of drug-likeness (QED) is 0.716. The van der Waals surface area contributed by atoms with Crippen molar-refractivity contribution in [2.24, 2.45) is 0 Å². The van der Waals surface area contributed by atoms with E-state index in [2.05, 4.69) is 16.3 Å². The van der Waals surface area contributed by atoms with Crippen LogP contribution >= 0.6 is 0 Å².